The summed E-state index contributed by atoms with van der Waals surface area (Å²) in [6.45, 7) is 9.07. The lowest BCUT2D eigenvalue weighted by atomic mass is 9.88. The highest BCUT2D eigenvalue weighted by Crippen LogP contribution is 2.34. The van der Waals surface area contributed by atoms with Gasteiger partial charge in [-0.2, -0.15) is 0 Å². The van der Waals surface area contributed by atoms with E-state index in [0.717, 1.165) is 6.42 Å². The number of urea groups is 1. The van der Waals surface area contributed by atoms with Gasteiger partial charge in [-0.1, -0.05) is 26.0 Å². The number of aliphatic hydroxyl groups excluding tert-OH is 4. The molecule has 35 heavy (non-hydrogen) atoms. The first-order valence-corrected chi connectivity index (χ1v) is 12.5. The largest absolute Gasteiger partial charge is 0.393 e. The fourth-order valence-corrected chi connectivity index (χ4v) is 4.68. The van der Waals surface area contributed by atoms with Crippen molar-refractivity contribution in [1.82, 2.24) is 10.6 Å². The van der Waals surface area contributed by atoms with Crippen LogP contribution in [0.15, 0.2) is 12.2 Å². The van der Waals surface area contributed by atoms with Crippen LogP contribution in [0.25, 0.3) is 0 Å². The van der Waals surface area contributed by atoms with Gasteiger partial charge in [0.05, 0.1) is 42.7 Å². The van der Waals surface area contributed by atoms with E-state index < -0.39 is 72.8 Å². The maximum absolute atomic E-state index is 12.4. The summed E-state index contributed by atoms with van der Waals surface area (Å²) in [6, 6.07) is -1.34. The molecule has 2 fully saturated rings. The zero-order valence-corrected chi connectivity index (χ0v) is 21.3. The fourth-order valence-electron chi connectivity index (χ4n) is 4.68. The lowest BCUT2D eigenvalue weighted by Crippen LogP contribution is -2.63. The SMILES string of the molecule is C/C=C/[C@@H](C[C@@H]1O[C@](O)(C[C@H](C)O)C[C@H](O)[C@H]1NC(=O)NCCC)OC1OC(C)C(O)C(C)C1O. The van der Waals surface area contributed by atoms with E-state index in [0.29, 0.717) is 6.54 Å². The Bertz CT molecular complexity index is 694. The molecule has 2 saturated heterocycles. The molecule has 0 aromatic rings. The normalized spacial score (nSPS) is 39.8. The Kier molecular flexibility index (Phi) is 11.4. The minimum absolute atomic E-state index is 0.0974. The average molecular weight is 505 g/mol. The van der Waals surface area contributed by atoms with Crippen LogP contribution in [-0.4, -0.2) is 99.0 Å². The van der Waals surface area contributed by atoms with Gasteiger partial charge in [0.1, 0.15) is 6.10 Å². The second-order valence-electron chi connectivity index (χ2n) is 9.84. The van der Waals surface area contributed by atoms with Crippen LogP contribution in [0.2, 0.25) is 0 Å². The summed E-state index contributed by atoms with van der Waals surface area (Å²) >= 11 is 0. The molecule has 11 nitrogen and oxygen atoms in total. The van der Waals surface area contributed by atoms with Crippen LogP contribution < -0.4 is 10.6 Å². The Labute approximate surface area is 207 Å². The molecular weight excluding hydrogens is 460 g/mol. The van der Waals surface area contributed by atoms with Crippen molar-refractivity contribution in [1.29, 1.82) is 0 Å². The summed E-state index contributed by atoms with van der Waals surface area (Å²) in [7, 11) is 0. The van der Waals surface area contributed by atoms with Crippen molar-refractivity contribution in [3.63, 3.8) is 0 Å². The maximum atomic E-state index is 12.4. The molecule has 0 radical (unpaired) electrons. The molecule has 0 saturated carbocycles. The summed E-state index contributed by atoms with van der Waals surface area (Å²) in [5, 5.41) is 57.8. The molecule has 0 spiro atoms. The zero-order valence-electron chi connectivity index (χ0n) is 21.3. The van der Waals surface area contributed by atoms with Crippen LogP contribution >= 0.6 is 0 Å². The molecule has 2 amide bonds. The number of aliphatic hydroxyl groups is 5. The third-order valence-corrected chi connectivity index (χ3v) is 6.53. The molecule has 0 aromatic carbocycles. The number of carbonyl (C=O) groups excluding carboxylic acids is 1. The van der Waals surface area contributed by atoms with Crippen molar-refractivity contribution in [2.45, 2.75) is 121 Å². The zero-order chi connectivity index (χ0) is 26.3. The first-order chi connectivity index (χ1) is 16.4. The van der Waals surface area contributed by atoms with Crippen LogP contribution in [0.4, 0.5) is 4.79 Å². The van der Waals surface area contributed by atoms with Crippen LogP contribution in [0.3, 0.4) is 0 Å². The van der Waals surface area contributed by atoms with E-state index in [2.05, 4.69) is 10.6 Å². The van der Waals surface area contributed by atoms with E-state index in [-0.39, 0.29) is 19.3 Å². The monoisotopic (exact) mass is 504 g/mol. The second-order valence-corrected chi connectivity index (χ2v) is 9.84. The predicted molar refractivity (Wildman–Crippen MR) is 127 cm³/mol. The van der Waals surface area contributed by atoms with E-state index in [1.54, 1.807) is 32.9 Å². The number of ether oxygens (including phenoxy) is 3. The van der Waals surface area contributed by atoms with Crippen LogP contribution in [-0.2, 0) is 14.2 Å². The van der Waals surface area contributed by atoms with Crippen molar-refractivity contribution in [2.75, 3.05) is 6.54 Å². The summed E-state index contributed by atoms with van der Waals surface area (Å²) in [5.74, 6) is -2.28. The molecular formula is C24H44N2O9. The number of carbonyl (C=O) groups is 1. The van der Waals surface area contributed by atoms with Gasteiger partial charge in [0.15, 0.2) is 12.1 Å². The Balaban J connectivity index is 2.23. The maximum Gasteiger partial charge on any atom is 0.315 e. The predicted octanol–water partition coefficient (Wildman–Crippen LogP) is 0.128. The molecule has 2 rings (SSSR count). The Morgan fingerprint density at radius 3 is 2.54 bits per heavy atom. The van der Waals surface area contributed by atoms with Crippen molar-refractivity contribution in [2.24, 2.45) is 5.92 Å². The Morgan fingerprint density at radius 1 is 1.26 bits per heavy atom. The first-order valence-electron chi connectivity index (χ1n) is 12.5. The standard InChI is InChI=1S/C24H44N2O9/c1-6-8-16(34-22-21(30)14(4)20(29)15(5)33-22)10-18-19(26-23(31)25-9-7-2)17(28)12-24(32,35-18)11-13(3)27/h6,8,13-22,27-30,32H,7,9-12H2,1-5H3,(H2,25,26,31)/b8-6+/t13-,14?,15?,16-,17-,18-,19+,20?,21?,22?,24+/m0/s1. The van der Waals surface area contributed by atoms with Gasteiger partial charge in [-0.3, -0.25) is 0 Å². The van der Waals surface area contributed by atoms with E-state index in [4.69, 9.17) is 14.2 Å². The lowest BCUT2D eigenvalue weighted by molar-refractivity contribution is -0.305. The third kappa shape index (κ3) is 8.36. The van der Waals surface area contributed by atoms with E-state index >= 15 is 0 Å². The quantitative estimate of drug-likeness (QED) is 0.204. The Hall–Kier alpha value is -1.31. The van der Waals surface area contributed by atoms with Gasteiger partial charge in [0.2, 0.25) is 0 Å². The van der Waals surface area contributed by atoms with Gasteiger partial charge in [-0.05, 0) is 27.2 Å². The van der Waals surface area contributed by atoms with Gasteiger partial charge in [0.25, 0.3) is 0 Å². The highest BCUT2D eigenvalue weighted by molar-refractivity contribution is 5.74. The summed E-state index contributed by atoms with van der Waals surface area (Å²) < 4.78 is 17.7. The summed E-state index contributed by atoms with van der Waals surface area (Å²) in [5.41, 5.74) is 0. The average Bonchev–Trinajstić information content (AvgIpc) is 2.76. The van der Waals surface area contributed by atoms with Gasteiger partial charge >= 0.3 is 6.03 Å². The minimum Gasteiger partial charge on any atom is -0.393 e. The van der Waals surface area contributed by atoms with E-state index in [1.807, 2.05) is 6.92 Å². The van der Waals surface area contributed by atoms with Crippen molar-refractivity contribution < 1.29 is 44.5 Å². The third-order valence-electron chi connectivity index (χ3n) is 6.53. The smallest absolute Gasteiger partial charge is 0.315 e. The molecule has 2 aliphatic rings. The molecule has 2 aliphatic heterocycles. The van der Waals surface area contributed by atoms with Gasteiger partial charge in [-0.15, -0.1) is 0 Å². The number of amides is 2. The fraction of sp³-hybridized carbons (Fsp3) is 0.875. The van der Waals surface area contributed by atoms with Gasteiger partial charge in [0, 0.05) is 31.7 Å². The Morgan fingerprint density at radius 2 is 1.94 bits per heavy atom. The number of allylic oxidation sites excluding steroid dienone is 1. The molecule has 11 atom stereocenters. The molecule has 11 heteroatoms. The molecule has 204 valence electrons. The highest BCUT2D eigenvalue weighted by atomic mass is 16.7. The lowest BCUT2D eigenvalue weighted by Gasteiger charge is -2.46. The summed E-state index contributed by atoms with van der Waals surface area (Å²) in [4.78, 5) is 12.4. The molecule has 5 unspecified atom stereocenters. The van der Waals surface area contributed by atoms with Crippen molar-refractivity contribution in [3.8, 4) is 0 Å². The molecule has 0 bridgehead atoms. The summed E-state index contributed by atoms with van der Waals surface area (Å²) in [6.07, 6.45) is -3.10. The van der Waals surface area contributed by atoms with Crippen molar-refractivity contribution in [3.05, 3.63) is 12.2 Å². The molecule has 2 heterocycles. The van der Waals surface area contributed by atoms with Crippen LogP contribution in [0, 0.1) is 5.92 Å². The van der Waals surface area contributed by atoms with E-state index in [1.165, 1.54) is 6.92 Å². The first kappa shape index (κ1) is 29.9. The highest BCUT2D eigenvalue weighted by Gasteiger charge is 2.48. The van der Waals surface area contributed by atoms with Crippen LogP contribution in [0.5, 0.6) is 0 Å². The molecule has 0 aromatic heterocycles. The number of nitrogens with one attached hydrogen (secondary N) is 2. The minimum atomic E-state index is -1.80. The van der Waals surface area contributed by atoms with Gasteiger partial charge in [-0.25, -0.2) is 4.79 Å². The molecule has 0 aliphatic carbocycles. The van der Waals surface area contributed by atoms with Gasteiger partial charge < -0.3 is 50.4 Å². The number of rotatable bonds is 10. The number of hydrogen-bond donors (Lipinski definition) is 7. The van der Waals surface area contributed by atoms with E-state index in [9.17, 15) is 30.3 Å². The van der Waals surface area contributed by atoms with Crippen molar-refractivity contribution >= 4 is 6.03 Å². The molecule has 7 N–H and O–H groups in total. The number of hydrogen-bond acceptors (Lipinski definition) is 9. The van der Waals surface area contributed by atoms with Crippen LogP contribution in [0.1, 0.15) is 60.3 Å². The second kappa shape index (κ2) is 13.3. The topological polar surface area (TPSA) is 170 Å².